The Bertz CT molecular complexity index is 1690. The lowest BCUT2D eigenvalue weighted by molar-refractivity contribution is -0.216. The maximum absolute atomic E-state index is 13.0. The van der Waals surface area contributed by atoms with E-state index in [1.54, 1.807) is 42.5 Å². The van der Waals surface area contributed by atoms with Gasteiger partial charge in [-0.05, 0) is 57.8 Å². The Morgan fingerprint density at radius 1 is 0.551 bits per heavy atom. The second kappa shape index (κ2) is 38.7. The summed E-state index contributed by atoms with van der Waals surface area (Å²) in [5, 5.41) is 61.3. The van der Waals surface area contributed by atoms with Gasteiger partial charge in [0, 0.05) is 12.8 Å². The molecular formula is C49H82O18P2. The van der Waals surface area contributed by atoms with Gasteiger partial charge in [-0.1, -0.05) is 157 Å². The molecule has 0 aliphatic heterocycles. The van der Waals surface area contributed by atoms with E-state index < -0.39 is 95.7 Å². The number of unbranched alkanes of at least 4 members (excludes halogenated alkanes) is 12. The lowest BCUT2D eigenvalue weighted by atomic mass is 9.85. The molecule has 1 rings (SSSR count). The third-order valence-electron chi connectivity index (χ3n) is 10.6. The number of phosphoric acid groups is 2. The van der Waals surface area contributed by atoms with Gasteiger partial charge in [-0.2, -0.15) is 0 Å². The number of hydrogen-bond donors (Lipinski definition) is 9. The average molecular weight is 1020 g/mol. The number of carbonyl (C=O) groups is 2. The maximum Gasteiger partial charge on any atom is 0.472 e. The van der Waals surface area contributed by atoms with Crippen molar-refractivity contribution in [3.05, 3.63) is 85.1 Å². The Balaban J connectivity index is 2.68. The summed E-state index contributed by atoms with van der Waals surface area (Å²) in [6.45, 7) is 2.67. The van der Waals surface area contributed by atoms with Gasteiger partial charge in [0.25, 0.3) is 0 Å². The van der Waals surface area contributed by atoms with Crippen LogP contribution in [-0.2, 0) is 41.8 Å². The molecule has 0 bridgehead atoms. The molecule has 5 unspecified atom stereocenters. The molecule has 1 aliphatic carbocycles. The zero-order valence-corrected chi connectivity index (χ0v) is 42.2. The Morgan fingerprint density at radius 2 is 1.09 bits per heavy atom. The molecule has 0 radical (unpaired) electrons. The predicted molar refractivity (Wildman–Crippen MR) is 262 cm³/mol. The number of aliphatic hydroxyl groups is 6. The monoisotopic (exact) mass is 1020 g/mol. The van der Waals surface area contributed by atoms with Crippen LogP contribution in [0, 0.1) is 0 Å². The maximum atomic E-state index is 13.0. The predicted octanol–water partition coefficient (Wildman–Crippen LogP) is 7.34. The molecule has 18 nitrogen and oxygen atoms in total. The molecule has 1 aliphatic rings. The van der Waals surface area contributed by atoms with E-state index >= 15 is 0 Å². The number of ether oxygens (including phenoxy) is 2. The lowest BCUT2D eigenvalue weighted by Crippen LogP contribution is -2.64. The van der Waals surface area contributed by atoms with Crippen molar-refractivity contribution < 1.29 is 87.1 Å². The zero-order valence-electron chi connectivity index (χ0n) is 40.4. The van der Waals surface area contributed by atoms with Crippen LogP contribution in [0.4, 0.5) is 0 Å². The highest BCUT2D eigenvalue weighted by Crippen LogP contribution is 2.49. The third kappa shape index (κ3) is 33.4. The van der Waals surface area contributed by atoms with Crippen molar-refractivity contribution in [2.24, 2.45) is 0 Å². The summed E-state index contributed by atoms with van der Waals surface area (Å²) in [6, 6.07) is 0. The Labute approximate surface area is 409 Å². The van der Waals surface area contributed by atoms with Gasteiger partial charge in [0.2, 0.25) is 0 Å². The van der Waals surface area contributed by atoms with Gasteiger partial charge in [0.1, 0.15) is 43.2 Å². The summed E-state index contributed by atoms with van der Waals surface area (Å²) < 4.78 is 49.3. The smallest absolute Gasteiger partial charge is 0.462 e. The largest absolute Gasteiger partial charge is 0.472 e. The number of phosphoric ester groups is 2. The fourth-order valence-electron chi connectivity index (χ4n) is 6.89. The molecule has 0 aromatic rings. The van der Waals surface area contributed by atoms with E-state index in [1.165, 1.54) is 32.1 Å². The second-order valence-corrected chi connectivity index (χ2v) is 19.4. The Morgan fingerprint density at radius 3 is 1.70 bits per heavy atom. The Kier molecular flexibility index (Phi) is 36.0. The number of aliphatic hydroxyl groups excluding tert-OH is 6. The molecule has 69 heavy (non-hydrogen) atoms. The second-order valence-electron chi connectivity index (χ2n) is 16.8. The van der Waals surface area contributed by atoms with Crippen LogP contribution >= 0.6 is 15.6 Å². The molecule has 9 N–H and O–H groups in total. The quantitative estimate of drug-likeness (QED) is 0.00957. The van der Waals surface area contributed by atoms with E-state index in [0.29, 0.717) is 32.1 Å². The van der Waals surface area contributed by atoms with Crippen molar-refractivity contribution in [2.45, 2.75) is 197 Å². The van der Waals surface area contributed by atoms with Crippen molar-refractivity contribution >= 4 is 27.6 Å². The number of allylic oxidation sites excluding steroid dienone is 10. The van der Waals surface area contributed by atoms with E-state index in [2.05, 4.69) is 23.6 Å². The molecule has 20 heteroatoms. The van der Waals surface area contributed by atoms with E-state index in [9.17, 15) is 64.0 Å². The molecule has 0 heterocycles. The highest BCUT2D eigenvalue weighted by atomic mass is 31.2. The van der Waals surface area contributed by atoms with Crippen LogP contribution < -0.4 is 0 Å². The van der Waals surface area contributed by atoms with Crippen molar-refractivity contribution in [3.8, 4) is 0 Å². The zero-order chi connectivity index (χ0) is 51.3. The summed E-state index contributed by atoms with van der Waals surface area (Å²) in [4.78, 5) is 54.3. The molecule has 0 aromatic carbocycles. The molecule has 396 valence electrons. The first kappa shape index (κ1) is 64.1. The van der Waals surface area contributed by atoms with Gasteiger partial charge < -0.3 is 54.8 Å². The number of rotatable bonds is 39. The topological polar surface area (TPSA) is 296 Å². The first-order chi connectivity index (χ1) is 32.9. The fourth-order valence-corrected chi connectivity index (χ4v) is 8.42. The fraction of sp³-hybridized carbons (Fsp3) is 0.673. The van der Waals surface area contributed by atoms with Gasteiger partial charge in [-0.25, -0.2) is 9.13 Å². The van der Waals surface area contributed by atoms with Gasteiger partial charge in [-0.15, -0.1) is 0 Å². The summed E-state index contributed by atoms with van der Waals surface area (Å²) in [7, 11) is -10.8. The molecule has 0 spiro atoms. The van der Waals surface area contributed by atoms with Crippen molar-refractivity contribution in [2.75, 3.05) is 13.2 Å². The average Bonchev–Trinajstić information content (AvgIpc) is 3.29. The molecule has 0 amide bonds. The van der Waals surface area contributed by atoms with E-state index in [-0.39, 0.29) is 12.8 Å². The van der Waals surface area contributed by atoms with E-state index in [0.717, 1.165) is 51.4 Å². The van der Waals surface area contributed by atoms with Crippen LogP contribution in [-0.4, -0.2) is 125 Å². The Hall–Kier alpha value is -2.90. The highest BCUT2D eigenvalue weighted by Gasteiger charge is 2.54. The normalized spacial score (nSPS) is 22.8. The van der Waals surface area contributed by atoms with E-state index in [1.807, 2.05) is 37.3 Å². The van der Waals surface area contributed by atoms with Gasteiger partial charge in [-0.3, -0.25) is 23.2 Å². The molecular weight excluding hydrogens is 938 g/mol. The van der Waals surface area contributed by atoms with E-state index in [4.69, 9.17) is 18.5 Å². The van der Waals surface area contributed by atoms with Crippen LogP contribution in [0.1, 0.15) is 142 Å². The molecule has 0 saturated heterocycles. The van der Waals surface area contributed by atoms with Crippen LogP contribution in [0.5, 0.6) is 0 Å². The number of esters is 2. The molecule has 0 aromatic heterocycles. The first-order valence-corrected chi connectivity index (χ1v) is 27.4. The lowest BCUT2D eigenvalue weighted by Gasteiger charge is -2.43. The van der Waals surface area contributed by atoms with Crippen molar-refractivity contribution in [3.63, 3.8) is 0 Å². The minimum Gasteiger partial charge on any atom is -0.462 e. The highest BCUT2D eigenvalue weighted by molar-refractivity contribution is 7.47. The summed E-state index contributed by atoms with van der Waals surface area (Å²) >= 11 is 0. The standard InChI is InChI=1S/C49H82O18P2/c1-3-5-7-8-9-10-11-12-13-14-15-16-20-23-29-36-43(53)65-41(38-64-69(61,62)67-49-46(56)44(54)45(55)48(47(49)57)66-68(58,59)60)37-63-42(52)35-30-24-28-34-40(51)33-27-22-19-17-18-21-26-32-39(50)31-25-6-4-2/h5-7,18-19,21-22,25-28,32-34,39-41,44-51,54-57H,3-4,8-17,20,23-24,29-31,35-38H2,1-2H3,(H,61,62)(H2,58,59,60)/b7-5-,21-18-,22-19-,25-6-,32-26+,33-27+,34-28-/t39-,40-,41-,44?,45?,46?,47?,48-,49+/m1/s1. The van der Waals surface area contributed by atoms with Crippen LogP contribution in [0.3, 0.4) is 0 Å². The summed E-state index contributed by atoms with van der Waals surface area (Å²) in [5.41, 5.74) is 0. The van der Waals surface area contributed by atoms with Gasteiger partial charge in [0.15, 0.2) is 6.10 Å². The minimum absolute atomic E-state index is 0.00409. The SMILES string of the molecule is CC/C=C\CCCCCCCCCCCCCC(=O)O[C@H](COC(=O)CCC/C=C\[C@H](O)/C=C/C=C\C/C=C\C=C\[C@H](O)C/C=C\CC)COP(=O)(O)O[C@H]1C(O)C(O)C(O)[C@@H](OP(=O)(O)O)C1O. The van der Waals surface area contributed by atoms with Crippen LogP contribution in [0.15, 0.2) is 85.1 Å². The molecule has 1 saturated carbocycles. The minimum atomic E-state index is -5.39. The van der Waals surface area contributed by atoms with Gasteiger partial charge >= 0.3 is 27.6 Å². The summed E-state index contributed by atoms with van der Waals surface area (Å²) in [6.07, 6.45) is 26.0. The van der Waals surface area contributed by atoms with Gasteiger partial charge in [0.05, 0.1) is 18.8 Å². The van der Waals surface area contributed by atoms with Crippen LogP contribution in [0.25, 0.3) is 0 Å². The van der Waals surface area contributed by atoms with Crippen molar-refractivity contribution in [1.29, 1.82) is 0 Å². The number of hydrogen-bond acceptors (Lipinski definition) is 15. The molecule has 10 atom stereocenters. The van der Waals surface area contributed by atoms with Crippen molar-refractivity contribution in [1.82, 2.24) is 0 Å². The first-order valence-electron chi connectivity index (χ1n) is 24.4. The van der Waals surface area contributed by atoms with Crippen LogP contribution in [0.2, 0.25) is 0 Å². The third-order valence-corrected chi connectivity index (χ3v) is 12.1. The summed E-state index contributed by atoms with van der Waals surface area (Å²) in [5.74, 6) is -1.40. The molecule has 1 fully saturated rings. The number of carbonyl (C=O) groups excluding carboxylic acids is 2.